The monoisotopic (exact) mass is 243 g/mol. The van der Waals surface area contributed by atoms with Crippen LogP contribution >= 0.6 is 0 Å². The molecule has 0 radical (unpaired) electrons. The van der Waals surface area contributed by atoms with E-state index in [0.29, 0.717) is 0 Å². The van der Waals surface area contributed by atoms with Gasteiger partial charge in [-0.1, -0.05) is 13.8 Å². The van der Waals surface area contributed by atoms with Gasteiger partial charge in [0.1, 0.15) is 0 Å². The molecule has 1 heterocycles. The Labute approximate surface area is 95.3 Å². The van der Waals surface area contributed by atoms with E-state index >= 15 is 0 Å². The molecule has 0 aliphatic carbocycles. The number of nitrogens with zero attached hydrogens (tertiary/aromatic N) is 3. The predicted molar refractivity (Wildman–Crippen MR) is 58.4 cm³/mol. The van der Waals surface area contributed by atoms with Gasteiger partial charge >= 0.3 is 11.3 Å². The van der Waals surface area contributed by atoms with Crippen molar-refractivity contribution in [3.8, 4) is 0 Å². The summed E-state index contributed by atoms with van der Waals surface area (Å²) in [4.78, 5) is 25.8. The normalized spacial score (nSPS) is 10.3. The third-order valence-electron chi connectivity index (χ3n) is 1.60. The average molecular weight is 243 g/mol. The van der Waals surface area contributed by atoms with Gasteiger partial charge in [-0.05, 0) is 11.1 Å². The van der Waals surface area contributed by atoms with Crippen LogP contribution in [0.25, 0.3) is 0 Å². The first kappa shape index (κ1) is 12.7. The highest BCUT2D eigenvalue weighted by atomic mass is 16.5. The molecule has 0 amide bonds. The van der Waals surface area contributed by atoms with Gasteiger partial charge in [0.05, 0.1) is 6.54 Å². The fourth-order valence-electron chi connectivity index (χ4n) is 0.966. The second-order valence-electron chi connectivity index (χ2n) is 3.63. The summed E-state index contributed by atoms with van der Waals surface area (Å²) in [5, 5.41) is 3.09. The van der Waals surface area contributed by atoms with Gasteiger partial charge < -0.3 is 20.5 Å². The lowest BCUT2D eigenvalue weighted by molar-refractivity contribution is 0.207. The first-order valence-corrected chi connectivity index (χ1v) is 4.78. The number of rotatable bonds is 2. The molecule has 0 unspecified atom stereocenters. The Balaban J connectivity index is 3.60. The molecule has 0 saturated carbocycles. The second kappa shape index (κ2) is 5.14. The van der Waals surface area contributed by atoms with Crippen molar-refractivity contribution in [3.63, 3.8) is 0 Å². The number of nitrogen functional groups attached to an aromatic ring is 2. The lowest BCUT2D eigenvalue weighted by Crippen LogP contribution is -2.23. The summed E-state index contributed by atoms with van der Waals surface area (Å²) in [6.07, 6.45) is 0. The predicted octanol–water partition coefficient (Wildman–Crippen LogP) is -0.871. The summed E-state index contributed by atoms with van der Waals surface area (Å²) >= 11 is 0. The second-order valence-corrected chi connectivity index (χ2v) is 3.63. The molecule has 0 bridgehead atoms. The molecule has 0 fully saturated rings. The smallest absolute Gasteiger partial charge is 0.367 e. The van der Waals surface area contributed by atoms with Gasteiger partial charge in [0.2, 0.25) is 5.95 Å². The maximum atomic E-state index is 11.2. The van der Waals surface area contributed by atoms with Crippen molar-refractivity contribution in [3.05, 3.63) is 20.8 Å². The van der Waals surface area contributed by atoms with E-state index in [1.807, 2.05) is 13.8 Å². The molecule has 0 aliphatic rings. The van der Waals surface area contributed by atoms with Crippen LogP contribution in [0.5, 0.6) is 0 Å². The molecule has 9 heteroatoms. The summed E-state index contributed by atoms with van der Waals surface area (Å²) in [7, 11) is 0. The van der Waals surface area contributed by atoms with Crippen molar-refractivity contribution in [1.82, 2.24) is 14.9 Å². The Hall–Kier alpha value is -2.32. The van der Waals surface area contributed by atoms with E-state index < -0.39 is 11.3 Å². The van der Waals surface area contributed by atoms with Crippen molar-refractivity contribution in [2.45, 2.75) is 20.4 Å². The average Bonchev–Trinajstić information content (AvgIpc) is 2.26. The highest BCUT2D eigenvalue weighted by molar-refractivity contribution is 5.20. The molecule has 0 aliphatic heterocycles. The van der Waals surface area contributed by atoms with Crippen LogP contribution < -0.4 is 22.7 Å². The first-order valence-electron chi connectivity index (χ1n) is 4.78. The fraction of sp³-hybridized carbons (Fsp3) is 0.500. The van der Waals surface area contributed by atoms with Crippen LogP contribution in [0.1, 0.15) is 13.8 Å². The fourth-order valence-corrected chi connectivity index (χ4v) is 0.966. The summed E-state index contributed by atoms with van der Waals surface area (Å²) in [5.41, 5.74) is 8.26. The van der Waals surface area contributed by atoms with Gasteiger partial charge in [-0.3, -0.25) is 0 Å². The van der Waals surface area contributed by atoms with Gasteiger partial charge in [-0.15, -0.1) is 0 Å². The molecule has 0 saturated heterocycles. The summed E-state index contributed by atoms with van der Waals surface area (Å²) in [5.74, 6) is -0.457. The van der Waals surface area contributed by atoms with Crippen molar-refractivity contribution in [2.24, 2.45) is 5.92 Å². The summed E-state index contributed by atoms with van der Waals surface area (Å²) in [6, 6.07) is 0. The maximum Gasteiger partial charge on any atom is 0.445 e. The molecule has 0 aromatic carbocycles. The Morgan fingerprint density at radius 3 is 2.53 bits per heavy atom. The molecular weight excluding hydrogens is 230 g/mol. The summed E-state index contributed by atoms with van der Waals surface area (Å²) in [6.45, 7) is 3.98. The van der Waals surface area contributed by atoms with Crippen LogP contribution in [-0.4, -0.2) is 14.9 Å². The Kier molecular flexibility index (Phi) is 3.86. The maximum absolute atomic E-state index is 11.2. The number of aromatic nitrogens is 3. The quantitative estimate of drug-likeness (QED) is 0.638. The van der Waals surface area contributed by atoms with E-state index in [0.717, 1.165) is 4.74 Å². The Bertz CT molecular complexity index is 554. The molecule has 1 aromatic rings. The van der Waals surface area contributed by atoms with Gasteiger partial charge in [-0.25, -0.2) is 9.59 Å². The van der Waals surface area contributed by atoms with Crippen molar-refractivity contribution >= 4 is 11.9 Å². The lowest BCUT2D eigenvalue weighted by atomic mass is 10.2. The van der Waals surface area contributed by atoms with Gasteiger partial charge in [0.15, 0.2) is 0 Å². The highest BCUT2D eigenvalue weighted by Crippen LogP contribution is 2.01. The van der Waals surface area contributed by atoms with Crippen LogP contribution in [0.2, 0.25) is 0 Å². The minimum absolute atomic E-state index is 0.117. The zero-order valence-electron chi connectivity index (χ0n) is 9.41. The molecule has 4 N–H and O–H groups in total. The van der Waals surface area contributed by atoms with Crippen LogP contribution in [0, 0.1) is 5.92 Å². The third kappa shape index (κ3) is 3.63. The number of nitrogens with two attached hydrogens (primary N) is 2. The van der Waals surface area contributed by atoms with E-state index in [-0.39, 0.29) is 24.4 Å². The zero-order chi connectivity index (χ0) is 13.0. The van der Waals surface area contributed by atoms with Gasteiger partial charge in [-0.2, -0.15) is 9.72 Å². The number of anilines is 2. The van der Waals surface area contributed by atoms with Crippen molar-refractivity contribution in [1.29, 1.82) is 0 Å². The number of hydrogen-bond acceptors (Lipinski definition) is 8. The molecule has 17 heavy (non-hydrogen) atoms. The first-order chi connectivity index (χ1) is 7.90. The van der Waals surface area contributed by atoms with Gasteiger partial charge in [0.25, 0.3) is 5.95 Å². The molecule has 1 rings (SSSR count). The van der Waals surface area contributed by atoms with E-state index in [2.05, 4.69) is 14.7 Å². The largest absolute Gasteiger partial charge is 0.445 e. The molecule has 94 valence electrons. The molecular formula is C8H13N5O4. The van der Waals surface area contributed by atoms with E-state index in [1.165, 1.54) is 0 Å². The Morgan fingerprint density at radius 2 is 1.94 bits per heavy atom. The van der Waals surface area contributed by atoms with E-state index in [1.54, 1.807) is 0 Å². The van der Waals surface area contributed by atoms with Crippen molar-refractivity contribution < 1.29 is 9.05 Å². The molecule has 0 atom stereocenters. The molecule has 0 spiro atoms. The van der Waals surface area contributed by atoms with E-state index in [4.69, 9.17) is 16.0 Å². The van der Waals surface area contributed by atoms with Gasteiger partial charge in [0, 0.05) is 0 Å². The van der Waals surface area contributed by atoms with Crippen LogP contribution in [0.15, 0.2) is 18.6 Å². The minimum atomic E-state index is -1.30. The topological polar surface area (TPSA) is 143 Å². The van der Waals surface area contributed by atoms with Crippen LogP contribution in [0.3, 0.4) is 0 Å². The van der Waals surface area contributed by atoms with Crippen LogP contribution in [-0.2, 0) is 6.54 Å². The summed E-state index contributed by atoms with van der Waals surface area (Å²) < 4.78 is 9.80. The van der Waals surface area contributed by atoms with Crippen LogP contribution in [0.4, 0.5) is 11.9 Å². The lowest BCUT2D eigenvalue weighted by Gasteiger charge is -2.06. The Morgan fingerprint density at radius 1 is 1.29 bits per heavy atom. The minimum Gasteiger partial charge on any atom is -0.367 e. The van der Waals surface area contributed by atoms with Crippen molar-refractivity contribution in [2.75, 3.05) is 11.5 Å². The molecule has 1 aromatic heterocycles. The zero-order valence-corrected chi connectivity index (χ0v) is 9.41. The SMILES string of the molecule is CC(C)Cn1oc(=O)c(=O)onc(N)nc1N. The highest BCUT2D eigenvalue weighted by Gasteiger charge is 2.04. The van der Waals surface area contributed by atoms with E-state index in [9.17, 15) is 9.59 Å². The third-order valence-corrected chi connectivity index (χ3v) is 1.60. The molecule has 9 nitrogen and oxygen atoms in total. The number of hydrogen-bond donors (Lipinski definition) is 2. The standard InChI is InChI=1S/C8H13N5O4/c1-4(2)3-13-8(10)11-7(9)12-16-5(14)6(15)17-13/h4H,3H2,1-2H3,(H4,9,10,11,12).